The SMILES string of the molecule is C/C(Oc1cc(-c2ccc(N3CCC(C)(NC(=O)c4ncccc4Cl)CC3)nc2)c2c(C#N)cnn2c1)=C1\CN(C)CCO1. The monoisotopic (exact) mass is 612 g/mol. The summed E-state index contributed by atoms with van der Waals surface area (Å²) in [7, 11) is 2.05. The third-order valence-electron chi connectivity index (χ3n) is 8.17. The summed E-state index contributed by atoms with van der Waals surface area (Å²) in [5.41, 5.74) is 2.62. The van der Waals surface area contributed by atoms with Gasteiger partial charge in [0.2, 0.25) is 0 Å². The van der Waals surface area contributed by atoms with E-state index >= 15 is 0 Å². The fourth-order valence-corrected chi connectivity index (χ4v) is 5.78. The van der Waals surface area contributed by atoms with E-state index in [2.05, 4.69) is 31.3 Å². The van der Waals surface area contributed by atoms with Crippen LogP contribution in [-0.2, 0) is 4.74 Å². The number of rotatable bonds is 6. The van der Waals surface area contributed by atoms with Gasteiger partial charge >= 0.3 is 0 Å². The van der Waals surface area contributed by atoms with E-state index in [1.165, 1.54) is 0 Å². The Bertz CT molecular complexity index is 1770. The van der Waals surface area contributed by atoms with Crippen molar-refractivity contribution in [1.29, 1.82) is 5.26 Å². The standard InChI is InChI=1S/C32H33ClN8O3/c1-21(27-20-39(3)13-14-43-27)44-24-15-25(30-23(16-34)18-37-41(30)19-24)22-6-7-28(36-17-22)40-11-8-32(2,9-12-40)38-31(42)29-26(33)5-4-10-35-29/h4-7,10,15,17-19H,8-9,11-14,20H2,1-3H3,(H,38,42)/b27-21-. The number of hydrogen-bond acceptors (Lipinski definition) is 9. The first kappa shape index (κ1) is 29.4. The van der Waals surface area contributed by atoms with Crippen LogP contribution in [0.4, 0.5) is 5.82 Å². The van der Waals surface area contributed by atoms with Crippen molar-refractivity contribution in [3.05, 3.63) is 82.9 Å². The van der Waals surface area contributed by atoms with Crippen LogP contribution in [0.15, 0.2) is 66.6 Å². The lowest BCUT2D eigenvalue weighted by atomic mass is 9.89. The summed E-state index contributed by atoms with van der Waals surface area (Å²) in [6, 6.07) is 11.5. The number of ether oxygens (including phenoxy) is 2. The minimum Gasteiger partial charge on any atom is -0.492 e. The summed E-state index contributed by atoms with van der Waals surface area (Å²) in [6.07, 6.45) is 8.17. The molecule has 6 rings (SSSR count). The number of piperidine rings is 1. The first-order valence-corrected chi connectivity index (χ1v) is 14.9. The van der Waals surface area contributed by atoms with Crippen LogP contribution in [0.1, 0.15) is 42.7 Å². The van der Waals surface area contributed by atoms with Crippen LogP contribution in [0.25, 0.3) is 16.6 Å². The summed E-state index contributed by atoms with van der Waals surface area (Å²) in [5.74, 6) is 2.62. The van der Waals surface area contributed by atoms with Crippen molar-refractivity contribution in [2.75, 3.05) is 44.7 Å². The van der Waals surface area contributed by atoms with Crippen molar-refractivity contribution in [2.24, 2.45) is 0 Å². The van der Waals surface area contributed by atoms with Gasteiger partial charge in [0.05, 0.1) is 35.0 Å². The van der Waals surface area contributed by atoms with Gasteiger partial charge in [-0.2, -0.15) is 10.4 Å². The summed E-state index contributed by atoms with van der Waals surface area (Å²) in [4.78, 5) is 26.1. The van der Waals surface area contributed by atoms with Crippen molar-refractivity contribution in [2.45, 2.75) is 32.2 Å². The summed E-state index contributed by atoms with van der Waals surface area (Å²) < 4.78 is 13.7. The molecule has 0 aliphatic carbocycles. The number of nitrogens with zero attached hydrogens (tertiary/aromatic N) is 7. The third kappa shape index (κ3) is 6.04. The Balaban J connectivity index is 1.20. The smallest absolute Gasteiger partial charge is 0.271 e. The average Bonchev–Trinajstić information content (AvgIpc) is 3.44. The maximum atomic E-state index is 12.8. The van der Waals surface area contributed by atoms with Crippen LogP contribution >= 0.6 is 11.6 Å². The quantitative estimate of drug-likeness (QED) is 0.309. The summed E-state index contributed by atoms with van der Waals surface area (Å²) in [5, 5.41) is 17.6. The largest absolute Gasteiger partial charge is 0.492 e. The Kier molecular flexibility index (Phi) is 8.12. The van der Waals surface area contributed by atoms with Crippen molar-refractivity contribution in [3.63, 3.8) is 0 Å². The number of anilines is 1. The van der Waals surface area contributed by atoms with Gasteiger partial charge in [-0.25, -0.2) is 14.5 Å². The van der Waals surface area contributed by atoms with Gasteiger partial charge in [-0.3, -0.25) is 9.69 Å². The van der Waals surface area contributed by atoms with E-state index in [9.17, 15) is 10.1 Å². The van der Waals surface area contributed by atoms with Crippen molar-refractivity contribution >= 4 is 28.8 Å². The van der Waals surface area contributed by atoms with E-state index in [1.54, 1.807) is 35.2 Å². The maximum Gasteiger partial charge on any atom is 0.271 e. The van der Waals surface area contributed by atoms with Gasteiger partial charge in [-0.05, 0) is 64.1 Å². The molecular formula is C32H33ClN8O3. The number of nitrogens with one attached hydrogen (secondary N) is 1. The topological polar surface area (TPSA) is 121 Å². The Morgan fingerprint density at radius 2 is 2.00 bits per heavy atom. The third-order valence-corrected chi connectivity index (χ3v) is 8.48. The van der Waals surface area contributed by atoms with Crippen LogP contribution < -0.4 is 15.0 Å². The number of morpholine rings is 1. The predicted molar refractivity (Wildman–Crippen MR) is 166 cm³/mol. The molecule has 2 fully saturated rings. The highest BCUT2D eigenvalue weighted by Crippen LogP contribution is 2.33. The van der Waals surface area contributed by atoms with Gasteiger partial charge in [-0.15, -0.1) is 0 Å². The first-order valence-electron chi connectivity index (χ1n) is 14.5. The highest BCUT2D eigenvalue weighted by molar-refractivity contribution is 6.33. The zero-order chi connectivity index (χ0) is 30.8. The fourth-order valence-electron chi connectivity index (χ4n) is 5.57. The fraction of sp³-hybridized carbons (Fsp3) is 0.344. The van der Waals surface area contributed by atoms with Crippen LogP contribution in [0.5, 0.6) is 5.75 Å². The minimum atomic E-state index is -0.387. The molecular weight excluding hydrogens is 580 g/mol. The number of likely N-dealkylation sites (N-methyl/N-ethyl adjacent to an activating group) is 1. The molecule has 0 spiro atoms. The molecule has 12 heteroatoms. The molecule has 0 saturated carbocycles. The van der Waals surface area contributed by atoms with E-state index in [0.717, 1.165) is 55.2 Å². The predicted octanol–water partition coefficient (Wildman–Crippen LogP) is 4.68. The first-order chi connectivity index (χ1) is 21.2. The molecule has 1 N–H and O–H groups in total. The molecule has 2 aliphatic heterocycles. The normalized spacial score (nSPS) is 17.9. The average molecular weight is 613 g/mol. The number of aromatic nitrogens is 4. The van der Waals surface area contributed by atoms with Crippen LogP contribution in [0.3, 0.4) is 0 Å². The molecule has 0 atom stereocenters. The maximum absolute atomic E-state index is 12.8. The van der Waals surface area contributed by atoms with Gasteiger partial charge in [0.1, 0.15) is 41.5 Å². The molecule has 0 bridgehead atoms. The van der Waals surface area contributed by atoms with Gasteiger partial charge in [0, 0.05) is 48.7 Å². The lowest BCUT2D eigenvalue weighted by molar-refractivity contribution is 0.0886. The van der Waals surface area contributed by atoms with E-state index in [4.69, 9.17) is 26.1 Å². The highest BCUT2D eigenvalue weighted by atomic mass is 35.5. The minimum absolute atomic E-state index is 0.234. The van der Waals surface area contributed by atoms with Gasteiger partial charge < -0.3 is 19.7 Å². The molecule has 0 unspecified atom stereocenters. The number of carbonyl (C=O) groups excluding carboxylic acids is 1. The van der Waals surface area contributed by atoms with Gasteiger partial charge in [0.15, 0.2) is 0 Å². The zero-order valence-electron chi connectivity index (χ0n) is 24.9. The molecule has 0 aromatic carbocycles. The van der Waals surface area contributed by atoms with E-state index in [1.807, 2.05) is 45.3 Å². The van der Waals surface area contributed by atoms with Crippen LogP contribution in [0.2, 0.25) is 5.02 Å². The Hall–Kier alpha value is -4.66. The number of nitriles is 1. The highest BCUT2D eigenvalue weighted by Gasteiger charge is 2.33. The molecule has 0 radical (unpaired) electrons. The molecule has 4 aromatic rings. The van der Waals surface area contributed by atoms with Crippen molar-refractivity contribution in [3.8, 4) is 22.9 Å². The number of allylic oxidation sites excluding steroid dienone is 1. The molecule has 2 saturated heterocycles. The van der Waals surface area contributed by atoms with Gasteiger partial charge in [-0.1, -0.05) is 11.6 Å². The second-order valence-corrected chi connectivity index (χ2v) is 11.9. The number of pyridine rings is 3. The molecule has 1 amide bonds. The molecule has 2 aliphatic rings. The molecule has 44 heavy (non-hydrogen) atoms. The molecule has 6 heterocycles. The number of carbonyl (C=O) groups is 1. The molecule has 11 nitrogen and oxygen atoms in total. The Labute approximate surface area is 260 Å². The van der Waals surface area contributed by atoms with E-state index < -0.39 is 0 Å². The van der Waals surface area contributed by atoms with Gasteiger partial charge in [0.25, 0.3) is 5.91 Å². The van der Waals surface area contributed by atoms with E-state index in [-0.39, 0.29) is 17.1 Å². The number of amides is 1. The molecule has 226 valence electrons. The summed E-state index contributed by atoms with van der Waals surface area (Å²) >= 11 is 6.18. The Morgan fingerprint density at radius 1 is 1.18 bits per heavy atom. The summed E-state index contributed by atoms with van der Waals surface area (Å²) in [6.45, 7) is 7.54. The number of fused-ring (bicyclic) bond motifs is 1. The zero-order valence-corrected chi connectivity index (χ0v) is 25.6. The van der Waals surface area contributed by atoms with Crippen LogP contribution in [-0.4, -0.2) is 75.8 Å². The lowest BCUT2D eigenvalue weighted by Gasteiger charge is -2.40. The molecule has 4 aromatic heterocycles. The van der Waals surface area contributed by atoms with E-state index in [0.29, 0.717) is 40.8 Å². The van der Waals surface area contributed by atoms with Crippen molar-refractivity contribution in [1.82, 2.24) is 29.8 Å². The lowest BCUT2D eigenvalue weighted by Crippen LogP contribution is -2.53. The number of hydrogen-bond donors (Lipinski definition) is 1. The second-order valence-electron chi connectivity index (χ2n) is 11.5. The number of halogens is 1. The second kappa shape index (κ2) is 12.1. The Morgan fingerprint density at radius 3 is 2.70 bits per heavy atom. The van der Waals surface area contributed by atoms with Crippen molar-refractivity contribution < 1.29 is 14.3 Å². The van der Waals surface area contributed by atoms with Crippen LogP contribution in [0, 0.1) is 11.3 Å².